The molecule has 1 saturated carbocycles. The van der Waals surface area contributed by atoms with E-state index in [1.165, 1.54) is 51.9 Å². The van der Waals surface area contributed by atoms with Gasteiger partial charge < -0.3 is 9.64 Å². The summed E-state index contributed by atoms with van der Waals surface area (Å²) in [4.78, 5) is 5.14. The molecule has 2 aromatic carbocycles. The van der Waals surface area contributed by atoms with Crippen molar-refractivity contribution in [2.75, 3.05) is 33.2 Å². The highest BCUT2D eigenvalue weighted by molar-refractivity contribution is 5.64. The topological polar surface area (TPSA) is 88.0 Å². The van der Waals surface area contributed by atoms with Crippen molar-refractivity contribution in [3.05, 3.63) is 60.8 Å². The zero-order valence-electron chi connectivity index (χ0n) is 20.6. The van der Waals surface area contributed by atoms with Gasteiger partial charge in [-0.3, -0.25) is 9.58 Å². The lowest BCUT2D eigenvalue weighted by Gasteiger charge is -2.41. The van der Waals surface area contributed by atoms with E-state index in [9.17, 15) is 0 Å². The van der Waals surface area contributed by atoms with Crippen LogP contribution in [-0.2, 0) is 0 Å². The van der Waals surface area contributed by atoms with Crippen LogP contribution in [0, 0.1) is 0 Å². The normalized spacial score (nSPS) is 21.5. The summed E-state index contributed by atoms with van der Waals surface area (Å²) in [5, 5.41) is 19.2. The molecule has 9 heteroatoms. The molecule has 0 radical (unpaired) electrons. The standard InChI is InChI=1S/C27H32N8O/c1-33-16-18-34(19-17-33)21-8-10-22(11-9-21)35-15-14-25(30-35)20-6-12-23(13-7-20)36-26-5-3-2-4-24(26)27-28-31-32-29-27/h2-7,12-15,21-22H,8-11,16-19H2,1H3,(H,28,29,31,32). The molecule has 1 aliphatic carbocycles. The van der Waals surface area contributed by atoms with Crippen LogP contribution in [0.1, 0.15) is 31.7 Å². The molecule has 0 unspecified atom stereocenters. The van der Waals surface area contributed by atoms with Gasteiger partial charge in [0.15, 0.2) is 0 Å². The van der Waals surface area contributed by atoms with E-state index in [0.717, 1.165) is 28.6 Å². The van der Waals surface area contributed by atoms with Crippen molar-refractivity contribution >= 4 is 0 Å². The molecule has 4 aromatic rings. The number of piperazine rings is 1. The zero-order chi connectivity index (χ0) is 24.3. The summed E-state index contributed by atoms with van der Waals surface area (Å²) in [6.07, 6.45) is 7.07. The largest absolute Gasteiger partial charge is 0.457 e. The molecule has 6 rings (SSSR count). The van der Waals surface area contributed by atoms with Gasteiger partial charge in [0.2, 0.25) is 5.82 Å². The first-order valence-electron chi connectivity index (χ1n) is 12.8. The summed E-state index contributed by atoms with van der Waals surface area (Å²) >= 11 is 0. The SMILES string of the molecule is CN1CCN(C2CCC(n3ccc(-c4ccc(Oc5ccccc5-c5nn[nH]n5)cc4)n3)CC2)CC1. The van der Waals surface area contributed by atoms with Gasteiger partial charge in [-0.1, -0.05) is 12.1 Å². The fourth-order valence-corrected chi connectivity index (χ4v) is 5.41. The van der Waals surface area contributed by atoms with Crippen LogP contribution in [0.15, 0.2) is 60.8 Å². The minimum atomic E-state index is 0.492. The van der Waals surface area contributed by atoms with Gasteiger partial charge in [0, 0.05) is 44.0 Å². The molecule has 2 fully saturated rings. The second-order valence-electron chi connectivity index (χ2n) is 9.84. The number of nitrogens with one attached hydrogen (secondary N) is 1. The van der Waals surface area contributed by atoms with Crippen LogP contribution in [-0.4, -0.2) is 79.5 Å². The van der Waals surface area contributed by atoms with Crippen LogP contribution < -0.4 is 4.74 Å². The average Bonchev–Trinajstić information content (AvgIpc) is 3.63. The second-order valence-corrected chi connectivity index (χ2v) is 9.84. The Morgan fingerprint density at radius 2 is 1.61 bits per heavy atom. The highest BCUT2D eigenvalue weighted by Crippen LogP contribution is 2.34. The number of benzene rings is 2. The average molecular weight is 485 g/mol. The molecule has 186 valence electrons. The van der Waals surface area contributed by atoms with Crippen molar-refractivity contribution in [3.8, 4) is 34.1 Å². The maximum Gasteiger partial charge on any atom is 0.208 e. The highest BCUT2D eigenvalue weighted by Gasteiger charge is 2.28. The molecule has 2 aliphatic rings. The molecule has 3 heterocycles. The lowest BCUT2D eigenvalue weighted by Crippen LogP contribution is -2.49. The first-order valence-corrected chi connectivity index (χ1v) is 12.8. The minimum absolute atomic E-state index is 0.492. The number of para-hydroxylation sites is 1. The minimum Gasteiger partial charge on any atom is -0.457 e. The van der Waals surface area contributed by atoms with Crippen molar-refractivity contribution in [1.29, 1.82) is 0 Å². The molecular formula is C27H32N8O. The van der Waals surface area contributed by atoms with E-state index >= 15 is 0 Å². The highest BCUT2D eigenvalue weighted by atomic mass is 16.5. The summed E-state index contributed by atoms with van der Waals surface area (Å²) in [7, 11) is 2.22. The predicted molar refractivity (Wildman–Crippen MR) is 138 cm³/mol. The summed E-state index contributed by atoms with van der Waals surface area (Å²) in [6.45, 7) is 4.80. The fourth-order valence-electron chi connectivity index (χ4n) is 5.41. The molecule has 2 aromatic heterocycles. The number of nitrogens with zero attached hydrogens (tertiary/aromatic N) is 7. The molecule has 0 amide bonds. The van der Waals surface area contributed by atoms with Gasteiger partial charge in [-0.25, -0.2) is 0 Å². The number of ether oxygens (including phenoxy) is 1. The van der Waals surface area contributed by atoms with Crippen molar-refractivity contribution in [1.82, 2.24) is 40.2 Å². The number of hydrogen-bond donors (Lipinski definition) is 1. The Kier molecular flexibility index (Phi) is 6.48. The number of hydrogen-bond acceptors (Lipinski definition) is 7. The van der Waals surface area contributed by atoms with E-state index in [2.05, 4.69) is 66.5 Å². The van der Waals surface area contributed by atoms with Gasteiger partial charge in [-0.05, 0) is 80.4 Å². The van der Waals surface area contributed by atoms with Gasteiger partial charge in [0.25, 0.3) is 0 Å². The lowest BCUT2D eigenvalue weighted by molar-refractivity contribution is 0.0811. The molecule has 1 saturated heterocycles. The Bertz CT molecular complexity index is 1250. The number of likely N-dealkylation sites (N-methyl/N-ethyl adjacent to an activating group) is 1. The van der Waals surface area contributed by atoms with E-state index in [1.807, 2.05) is 36.4 Å². The van der Waals surface area contributed by atoms with Gasteiger partial charge in [-0.15, -0.1) is 10.2 Å². The molecule has 0 spiro atoms. The first kappa shape index (κ1) is 22.9. The number of rotatable bonds is 6. The second kappa shape index (κ2) is 10.2. The molecule has 0 bridgehead atoms. The number of aromatic nitrogens is 6. The Labute approximate surface area is 211 Å². The maximum atomic E-state index is 6.14. The third-order valence-electron chi connectivity index (χ3n) is 7.55. The summed E-state index contributed by atoms with van der Waals surface area (Å²) < 4.78 is 8.32. The van der Waals surface area contributed by atoms with E-state index in [0.29, 0.717) is 17.6 Å². The quantitative estimate of drug-likeness (QED) is 0.438. The summed E-state index contributed by atoms with van der Waals surface area (Å²) in [5.41, 5.74) is 2.87. The molecule has 1 N–H and O–H groups in total. The van der Waals surface area contributed by atoms with E-state index in [1.54, 1.807) is 0 Å². The monoisotopic (exact) mass is 484 g/mol. The fraction of sp³-hybridized carbons (Fsp3) is 0.407. The molecule has 0 atom stereocenters. The Hall–Kier alpha value is -3.56. The van der Waals surface area contributed by atoms with E-state index in [-0.39, 0.29) is 0 Å². The van der Waals surface area contributed by atoms with Crippen LogP contribution in [0.25, 0.3) is 22.6 Å². The van der Waals surface area contributed by atoms with E-state index < -0.39 is 0 Å². The van der Waals surface area contributed by atoms with Crippen molar-refractivity contribution in [3.63, 3.8) is 0 Å². The van der Waals surface area contributed by atoms with Gasteiger partial charge in [-0.2, -0.15) is 10.3 Å². The number of tetrazole rings is 1. The van der Waals surface area contributed by atoms with Gasteiger partial charge in [0.05, 0.1) is 17.3 Å². The molecule has 9 nitrogen and oxygen atoms in total. The zero-order valence-corrected chi connectivity index (χ0v) is 20.6. The lowest BCUT2D eigenvalue weighted by atomic mass is 9.90. The Morgan fingerprint density at radius 1 is 0.861 bits per heavy atom. The van der Waals surface area contributed by atoms with Gasteiger partial charge in [0.1, 0.15) is 11.5 Å². The smallest absolute Gasteiger partial charge is 0.208 e. The van der Waals surface area contributed by atoms with Crippen molar-refractivity contribution in [2.45, 2.75) is 37.8 Å². The maximum absolute atomic E-state index is 6.14. The van der Waals surface area contributed by atoms with Crippen LogP contribution in [0.5, 0.6) is 11.5 Å². The third-order valence-corrected chi connectivity index (χ3v) is 7.55. The first-order chi connectivity index (χ1) is 17.7. The number of aromatic amines is 1. The number of H-pyrrole nitrogens is 1. The van der Waals surface area contributed by atoms with Crippen molar-refractivity contribution < 1.29 is 4.74 Å². The molecule has 36 heavy (non-hydrogen) atoms. The molecular weight excluding hydrogens is 452 g/mol. The van der Waals surface area contributed by atoms with Crippen LogP contribution in [0.4, 0.5) is 0 Å². The van der Waals surface area contributed by atoms with Crippen LogP contribution in [0.2, 0.25) is 0 Å². The van der Waals surface area contributed by atoms with Crippen molar-refractivity contribution in [2.24, 2.45) is 0 Å². The van der Waals surface area contributed by atoms with E-state index in [4.69, 9.17) is 9.84 Å². The molecule has 1 aliphatic heterocycles. The Balaban J connectivity index is 1.08. The predicted octanol–water partition coefficient (Wildman–Crippen LogP) is 4.25. The van der Waals surface area contributed by atoms with Gasteiger partial charge >= 0.3 is 0 Å². The van der Waals surface area contributed by atoms with Crippen LogP contribution >= 0.6 is 0 Å². The summed E-state index contributed by atoms with van der Waals surface area (Å²) in [5.74, 6) is 1.93. The van der Waals surface area contributed by atoms with Crippen LogP contribution in [0.3, 0.4) is 0 Å². The summed E-state index contributed by atoms with van der Waals surface area (Å²) in [6, 6.07) is 19.1. The third kappa shape index (κ3) is 4.89. The Morgan fingerprint density at radius 3 is 2.36 bits per heavy atom.